The van der Waals surface area contributed by atoms with E-state index in [1.807, 2.05) is 18.2 Å². The normalized spacial score (nSPS) is 13.5. The van der Waals surface area contributed by atoms with Gasteiger partial charge >= 0.3 is 6.03 Å². The maximum Gasteiger partial charge on any atom is 0.321 e. The van der Waals surface area contributed by atoms with E-state index in [0.29, 0.717) is 30.0 Å². The number of rotatable bonds is 4. The molecule has 3 aromatic rings. The predicted molar refractivity (Wildman–Crippen MR) is 122 cm³/mol. The molecule has 1 fully saturated rings. The van der Waals surface area contributed by atoms with Gasteiger partial charge in [0.2, 0.25) is 0 Å². The molecule has 3 N–H and O–H groups in total. The van der Waals surface area contributed by atoms with E-state index in [2.05, 4.69) is 27.7 Å². The molecule has 4 rings (SSSR count). The maximum absolute atomic E-state index is 12.6. The fraction of sp³-hybridized carbons (Fsp3) is 0.167. The Morgan fingerprint density at radius 2 is 1.29 bits per heavy atom. The third-order valence-corrected chi connectivity index (χ3v) is 5.21. The molecule has 1 aliphatic rings. The summed E-state index contributed by atoms with van der Waals surface area (Å²) in [5.74, 6) is -0.125. The van der Waals surface area contributed by atoms with Crippen molar-refractivity contribution in [3.05, 3.63) is 84.4 Å². The van der Waals surface area contributed by atoms with E-state index in [1.165, 1.54) is 17.8 Å². The van der Waals surface area contributed by atoms with Crippen LogP contribution in [0.15, 0.2) is 78.9 Å². The molecular weight excluding hydrogens is 392 g/mol. The van der Waals surface area contributed by atoms with Crippen molar-refractivity contribution < 1.29 is 14.7 Å². The van der Waals surface area contributed by atoms with E-state index in [-0.39, 0.29) is 17.7 Å². The number of urea groups is 1. The van der Waals surface area contributed by atoms with Gasteiger partial charge in [0.25, 0.3) is 5.91 Å². The highest BCUT2D eigenvalue weighted by molar-refractivity contribution is 6.04. The van der Waals surface area contributed by atoms with E-state index in [0.717, 1.165) is 13.1 Å². The summed E-state index contributed by atoms with van der Waals surface area (Å²) < 4.78 is 0. The summed E-state index contributed by atoms with van der Waals surface area (Å²) in [5, 5.41) is 15.0. The van der Waals surface area contributed by atoms with Crippen LogP contribution in [0.1, 0.15) is 10.4 Å². The molecule has 31 heavy (non-hydrogen) atoms. The molecule has 1 aliphatic heterocycles. The van der Waals surface area contributed by atoms with Crippen molar-refractivity contribution in [1.29, 1.82) is 0 Å². The molecule has 0 saturated carbocycles. The highest BCUT2D eigenvalue weighted by Crippen LogP contribution is 2.18. The van der Waals surface area contributed by atoms with Crippen LogP contribution < -0.4 is 15.5 Å². The molecule has 3 amide bonds. The molecule has 1 saturated heterocycles. The first-order valence-electron chi connectivity index (χ1n) is 10.1. The lowest BCUT2D eigenvalue weighted by Gasteiger charge is -2.36. The van der Waals surface area contributed by atoms with Crippen molar-refractivity contribution in [3.63, 3.8) is 0 Å². The Kier molecular flexibility index (Phi) is 6.03. The molecule has 0 atom stereocenters. The SMILES string of the molecule is O=C(Nc1ccc(O)cc1)c1ccc(NC(=O)N2CCN(c3ccccc3)CC2)cc1. The smallest absolute Gasteiger partial charge is 0.321 e. The number of piperazine rings is 1. The summed E-state index contributed by atoms with van der Waals surface area (Å²) >= 11 is 0. The second-order valence-corrected chi connectivity index (χ2v) is 7.32. The van der Waals surface area contributed by atoms with Gasteiger partial charge in [0, 0.05) is 48.8 Å². The van der Waals surface area contributed by atoms with E-state index in [9.17, 15) is 14.7 Å². The summed E-state index contributed by atoms with van der Waals surface area (Å²) in [6.45, 7) is 2.86. The standard InChI is InChI=1S/C24H24N4O3/c29-22-12-10-19(11-13-22)25-23(30)18-6-8-20(9-7-18)26-24(31)28-16-14-27(15-17-28)21-4-2-1-3-5-21/h1-13,29H,14-17H2,(H,25,30)(H,26,31). The molecule has 3 aromatic carbocycles. The summed E-state index contributed by atoms with van der Waals surface area (Å²) in [6, 6.07) is 23.1. The lowest BCUT2D eigenvalue weighted by Crippen LogP contribution is -2.50. The predicted octanol–water partition coefficient (Wildman–Crippen LogP) is 4.00. The average molecular weight is 416 g/mol. The van der Waals surface area contributed by atoms with Crippen LogP contribution in [0.25, 0.3) is 0 Å². The monoisotopic (exact) mass is 416 g/mol. The first kappa shape index (κ1) is 20.3. The summed E-state index contributed by atoms with van der Waals surface area (Å²) in [6.07, 6.45) is 0. The number of phenols is 1. The Morgan fingerprint density at radius 3 is 1.94 bits per heavy atom. The Balaban J connectivity index is 1.29. The van der Waals surface area contributed by atoms with Crippen LogP contribution in [0.4, 0.5) is 21.9 Å². The molecule has 0 bridgehead atoms. The third-order valence-electron chi connectivity index (χ3n) is 5.21. The van der Waals surface area contributed by atoms with Crippen LogP contribution in [0.2, 0.25) is 0 Å². The Morgan fingerprint density at radius 1 is 0.710 bits per heavy atom. The topological polar surface area (TPSA) is 84.9 Å². The van der Waals surface area contributed by atoms with Crippen molar-refractivity contribution >= 4 is 29.0 Å². The molecule has 7 nitrogen and oxygen atoms in total. The van der Waals surface area contributed by atoms with E-state index >= 15 is 0 Å². The Labute approximate surface area is 180 Å². The number of anilines is 3. The molecular formula is C24H24N4O3. The van der Waals surface area contributed by atoms with E-state index in [4.69, 9.17) is 0 Å². The zero-order valence-electron chi connectivity index (χ0n) is 17.0. The van der Waals surface area contributed by atoms with Crippen molar-refractivity contribution in [1.82, 2.24) is 4.90 Å². The number of carbonyl (C=O) groups excluding carboxylic acids is 2. The Bertz CT molecular complexity index is 1030. The van der Waals surface area contributed by atoms with E-state index in [1.54, 1.807) is 41.3 Å². The number of hydrogen-bond donors (Lipinski definition) is 3. The van der Waals surface area contributed by atoms with Crippen LogP contribution in [-0.4, -0.2) is 48.1 Å². The lowest BCUT2D eigenvalue weighted by atomic mass is 10.2. The zero-order valence-corrected chi connectivity index (χ0v) is 17.0. The number of hydrogen-bond acceptors (Lipinski definition) is 4. The van der Waals surface area contributed by atoms with Crippen LogP contribution >= 0.6 is 0 Å². The number of benzene rings is 3. The molecule has 0 radical (unpaired) electrons. The lowest BCUT2D eigenvalue weighted by molar-refractivity contribution is 0.102. The molecule has 1 heterocycles. The van der Waals surface area contributed by atoms with Gasteiger partial charge in [-0.3, -0.25) is 4.79 Å². The van der Waals surface area contributed by atoms with Gasteiger partial charge in [-0.05, 0) is 60.7 Å². The minimum Gasteiger partial charge on any atom is -0.508 e. The first-order valence-corrected chi connectivity index (χ1v) is 10.1. The number of nitrogens with zero attached hydrogens (tertiary/aromatic N) is 2. The quantitative estimate of drug-likeness (QED) is 0.562. The molecule has 0 aliphatic carbocycles. The van der Waals surface area contributed by atoms with Crippen molar-refractivity contribution in [2.24, 2.45) is 0 Å². The van der Waals surface area contributed by atoms with Crippen molar-refractivity contribution in [2.75, 3.05) is 41.7 Å². The van der Waals surface area contributed by atoms with Crippen molar-refractivity contribution in [3.8, 4) is 5.75 Å². The average Bonchev–Trinajstić information content (AvgIpc) is 2.81. The van der Waals surface area contributed by atoms with Crippen LogP contribution in [0, 0.1) is 0 Å². The number of nitrogens with one attached hydrogen (secondary N) is 2. The van der Waals surface area contributed by atoms with Gasteiger partial charge < -0.3 is 25.5 Å². The van der Waals surface area contributed by atoms with Crippen LogP contribution in [0.5, 0.6) is 5.75 Å². The molecule has 0 aromatic heterocycles. The van der Waals surface area contributed by atoms with Gasteiger partial charge in [0.05, 0.1) is 0 Å². The molecule has 0 unspecified atom stereocenters. The zero-order chi connectivity index (χ0) is 21.6. The highest BCUT2D eigenvalue weighted by atomic mass is 16.3. The largest absolute Gasteiger partial charge is 0.508 e. The van der Waals surface area contributed by atoms with Gasteiger partial charge in [-0.15, -0.1) is 0 Å². The van der Waals surface area contributed by atoms with Gasteiger partial charge in [-0.25, -0.2) is 4.79 Å². The van der Waals surface area contributed by atoms with Gasteiger partial charge in [0.1, 0.15) is 5.75 Å². The van der Waals surface area contributed by atoms with Crippen LogP contribution in [-0.2, 0) is 0 Å². The number of carbonyl (C=O) groups is 2. The molecule has 7 heteroatoms. The fourth-order valence-electron chi connectivity index (χ4n) is 3.46. The number of amides is 3. The van der Waals surface area contributed by atoms with E-state index < -0.39 is 0 Å². The number of aromatic hydroxyl groups is 1. The van der Waals surface area contributed by atoms with Crippen molar-refractivity contribution in [2.45, 2.75) is 0 Å². The molecule has 158 valence electrons. The second kappa shape index (κ2) is 9.21. The Hall–Kier alpha value is -4.00. The first-order chi connectivity index (χ1) is 15.1. The third kappa shape index (κ3) is 5.14. The highest BCUT2D eigenvalue weighted by Gasteiger charge is 2.21. The summed E-state index contributed by atoms with van der Waals surface area (Å²) in [4.78, 5) is 29.0. The number of para-hydroxylation sites is 1. The maximum atomic E-state index is 12.6. The second-order valence-electron chi connectivity index (χ2n) is 7.32. The minimum absolute atomic E-state index is 0.138. The van der Waals surface area contributed by atoms with Gasteiger partial charge in [-0.2, -0.15) is 0 Å². The number of phenolic OH excluding ortho intramolecular Hbond substituents is 1. The summed E-state index contributed by atoms with van der Waals surface area (Å²) in [7, 11) is 0. The fourth-order valence-corrected chi connectivity index (χ4v) is 3.46. The van der Waals surface area contributed by atoms with Crippen LogP contribution in [0.3, 0.4) is 0 Å². The minimum atomic E-state index is -0.263. The summed E-state index contributed by atoms with van der Waals surface area (Å²) in [5.41, 5.74) is 2.87. The van der Waals surface area contributed by atoms with Gasteiger partial charge in [0.15, 0.2) is 0 Å². The molecule has 0 spiro atoms. The van der Waals surface area contributed by atoms with Gasteiger partial charge in [-0.1, -0.05) is 18.2 Å².